The zero-order valence-electron chi connectivity index (χ0n) is 25.0. The predicted molar refractivity (Wildman–Crippen MR) is 151 cm³/mol. The molecule has 0 aromatic carbocycles. The van der Waals surface area contributed by atoms with Crippen molar-refractivity contribution in [2.24, 2.45) is 50.7 Å². The molecule has 0 aromatic heterocycles. The van der Waals surface area contributed by atoms with Gasteiger partial charge in [0.05, 0.1) is 11.6 Å². The van der Waals surface area contributed by atoms with Crippen molar-refractivity contribution < 1.29 is 14.7 Å². The summed E-state index contributed by atoms with van der Waals surface area (Å²) >= 11 is 0. The first-order chi connectivity index (χ1) is 18.2. The molecule has 5 aliphatic carbocycles. The fourth-order valence-corrected chi connectivity index (χ4v) is 11.2. The number of rotatable bonds is 2. The number of allylic oxidation sites excluding steroid dienone is 4. The number of carbonyl (C=O) groups excluding carboxylic acids is 2. The summed E-state index contributed by atoms with van der Waals surface area (Å²) < 4.78 is 0. The molecule has 4 fully saturated rings. The molecule has 212 valence electrons. The number of hydrogen-bond donors (Lipinski definition) is 1. The van der Waals surface area contributed by atoms with Crippen LogP contribution in [-0.4, -0.2) is 34.8 Å². The smallest absolute Gasteiger partial charge is 0.222 e. The van der Waals surface area contributed by atoms with Gasteiger partial charge in [0.15, 0.2) is 5.78 Å². The molecule has 5 nitrogen and oxygen atoms in total. The number of likely N-dealkylation sites (tertiary alicyclic amines) is 1. The molecule has 1 N–H and O–H groups in total. The van der Waals surface area contributed by atoms with Crippen LogP contribution < -0.4 is 0 Å². The average Bonchev–Trinajstić information content (AvgIpc) is 3.27. The second-order valence-electron chi connectivity index (χ2n) is 15.9. The van der Waals surface area contributed by atoms with Crippen molar-refractivity contribution >= 4 is 11.7 Å². The molecular formula is C34H48N2O3. The third-order valence-electron chi connectivity index (χ3n) is 13.6. The minimum atomic E-state index is -0.296. The lowest BCUT2D eigenvalue weighted by Gasteiger charge is -2.69. The van der Waals surface area contributed by atoms with E-state index >= 15 is 0 Å². The maximum atomic E-state index is 14.6. The van der Waals surface area contributed by atoms with Crippen LogP contribution in [-0.2, 0) is 9.59 Å². The van der Waals surface area contributed by atoms with Crippen LogP contribution in [0.15, 0.2) is 23.0 Å². The molecule has 1 heterocycles. The molecule has 6 rings (SSSR count). The molecule has 39 heavy (non-hydrogen) atoms. The van der Waals surface area contributed by atoms with Crippen LogP contribution in [0.1, 0.15) is 106 Å². The Morgan fingerprint density at radius 3 is 2.44 bits per heavy atom. The number of aliphatic hydroxyl groups excluding tert-OH is 1. The summed E-state index contributed by atoms with van der Waals surface area (Å²) in [6, 6.07) is 2.30. The van der Waals surface area contributed by atoms with E-state index in [-0.39, 0.29) is 62.3 Å². The Labute approximate surface area is 235 Å². The van der Waals surface area contributed by atoms with E-state index in [1.807, 2.05) is 6.08 Å². The van der Waals surface area contributed by atoms with Crippen LogP contribution in [0.2, 0.25) is 0 Å². The lowest BCUT2D eigenvalue weighted by molar-refractivity contribution is -0.175. The van der Waals surface area contributed by atoms with Gasteiger partial charge in [-0.2, -0.15) is 5.26 Å². The van der Waals surface area contributed by atoms with Crippen molar-refractivity contribution in [1.29, 1.82) is 5.26 Å². The topological polar surface area (TPSA) is 81.4 Å². The number of amides is 1. The molecule has 3 saturated carbocycles. The highest BCUT2D eigenvalue weighted by atomic mass is 16.3. The predicted octanol–water partition coefficient (Wildman–Crippen LogP) is 7.14. The van der Waals surface area contributed by atoms with Crippen LogP contribution in [0.25, 0.3) is 0 Å². The fourth-order valence-electron chi connectivity index (χ4n) is 11.2. The Kier molecular flexibility index (Phi) is 5.88. The quantitative estimate of drug-likeness (QED) is 0.410. The summed E-state index contributed by atoms with van der Waals surface area (Å²) in [5, 5.41) is 20.7. The fraction of sp³-hybridized carbons (Fsp3) is 0.794. The van der Waals surface area contributed by atoms with E-state index < -0.39 is 0 Å². The second kappa shape index (κ2) is 8.46. The SMILES string of the molecule is C[C@@H]1C(O)=C(C#N)C[C@]2(C)C3=CC(=O)[C@@H]4[C@@H]5CC(C)(C)CC[C@]5(CN5CCCC5=O)CC[C@@]4(C)[C@]3(C)CC[C@@H]12. The molecule has 0 bridgehead atoms. The van der Waals surface area contributed by atoms with Gasteiger partial charge >= 0.3 is 0 Å². The normalized spacial score (nSPS) is 47.0. The third-order valence-corrected chi connectivity index (χ3v) is 13.6. The lowest BCUT2D eigenvalue weighted by atomic mass is 9.34. The number of aliphatic hydroxyl groups is 1. The maximum Gasteiger partial charge on any atom is 0.222 e. The maximum absolute atomic E-state index is 14.6. The Morgan fingerprint density at radius 1 is 1.05 bits per heavy atom. The molecule has 1 aliphatic heterocycles. The van der Waals surface area contributed by atoms with Crippen molar-refractivity contribution in [1.82, 2.24) is 4.90 Å². The van der Waals surface area contributed by atoms with Crippen LogP contribution in [0, 0.1) is 62.1 Å². The number of ketones is 1. The lowest BCUT2D eigenvalue weighted by Crippen LogP contribution is -2.65. The van der Waals surface area contributed by atoms with E-state index in [9.17, 15) is 20.0 Å². The van der Waals surface area contributed by atoms with Crippen LogP contribution in [0.3, 0.4) is 0 Å². The molecule has 1 saturated heterocycles. The molecule has 6 aliphatic rings. The molecule has 5 heteroatoms. The van der Waals surface area contributed by atoms with E-state index in [2.05, 4.69) is 52.5 Å². The van der Waals surface area contributed by atoms with E-state index in [1.165, 1.54) is 5.57 Å². The first-order valence-electron chi connectivity index (χ1n) is 15.6. The standard InChI is InChI=1S/C34H48N2O3/c1-21-23-9-10-32(5)26(31(23,4)17-22(19-35)29(21)39)16-25(37)28-24-18-30(2,3)11-13-34(24,14-12-33(28,32)6)20-36-15-7-8-27(36)38/h16,21,23-24,28,39H,7-15,17-18,20H2,1-6H3/t21-,23-,24-,28-,31-,32+,33+,34+/m0/s1. The van der Waals surface area contributed by atoms with Gasteiger partial charge in [0.1, 0.15) is 5.76 Å². The highest BCUT2D eigenvalue weighted by molar-refractivity contribution is 5.95. The van der Waals surface area contributed by atoms with Gasteiger partial charge in [0.2, 0.25) is 5.91 Å². The van der Waals surface area contributed by atoms with Gasteiger partial charge in [0.25, 0.3) is 0 Å². The molecular weight excluding hydrogens is 484 g/mol. The van der Waals surface area contributed by atoms with Gasteiger partial charge in [-0.1, -0.05) is 47.1 Å². The molecule has 0 unspecified atom stereocenters. The number of nitrogens with zero attached hydrogens (tertiary/aromatic N) is 2. The van der Waals surface area contributed by atoms with Crippen molar-refractivity contribution in [3.63, 3.8) is 0 Å². The first-order valence-corrected chi connectivity index (χ1v) is 15.6. The van der Waals surface area contributed by atoms with E-state index in [1.54, 1.807) is 0 Å². The van der Waals surface area contributed by atoms with Crippen molar-refractivity contribution in [2.45, 2.75) is 106 Å². The van der Waals surface area contributed by atoms with Crippen molar-refractivity contribution in [2.75, 3.05) is 13.1 Å². The Bertz CT molecular complexity index is 1220. The van der Waals surface area contributed by atoms with E-state index in [0.717, 1.165) is 64.5 Å². The van der Waals surface area contributed by atoms with Gasteiger partial charge in [-0.15, -0.1) is 0 Å². The summed E-state index contributed by atoms with van der Waals surface area (Å²) in [5.74, 6) is 1.27. The number of nitriles is 1. The van der Waals surface area contributed by atoms with Crippen LogP contribution in [0.5, 0.6) is 0 Å². The van der Waals surface area contributed by atoms with Crippen LogP contribution >= 0.6 is 0 Å². The monoisotopic (exact) mass is 532 g/mol. The van der Waals surface area contributed by atoms with Gasteiger partial charge in [-0.3, -0.25) is 9.59 Å². The molecule has 0 aromatic rings. The summed E-state index contributed by atoms with van der Waals surface area (Å²) in [6.45, 7) is 15.6. The van der Waals surface area contributed by atoms with Gasteiger partial charge < -0.3 is 10.0 Å². The summed E-state index contributed by atoms with van der Waals surface area (Å²) in [4.78, 5) is 29.5. The zero-order chi connectivity index (χ0) is 28.2. The third kappa shape index (κ3) is 3.55. The Balaban J connectivity index is 1.45. The summed E-state index contributed by atoms with van der Waals surface area (Å²) in [5.41, 5.74) is 1.39. The summed E-state index contributed by atoms with van der Waals surface area (Å²) in [6.07, 6.45) is 11.6. The average molecular weight is 533 g/mol. The van der Waals surface area contributed by atoms with Gasteiger partial charge in [-0.05, 0) is 103 Å². The molecule has 0 radical (unpaired) electrons. The number of hydrogen-bond acceptors (Lipinski definition) is 4. The summed E-state index contributed by atoms with van der Waals surface area (Å²) in [7, 11) is 0. The van der Waals surface area contributed by atoms with Crippen LogP contribution in [0.4, 0.5) is 0 Å². The van der Waals surface area contributed by atoms with E-state index in [4.69, 9.17) is 0 Å². The zero-order valence-corrected chi connectivity index (χ0v) is 25.0. The minimum Gasteiger partial charge on any atom is -0.511 e. The van der Waals surface area contributed by atoms with Gasteiger partial charge in [0, 0.05) is 31.3 Å². The Hall–Kier alpha value is -2.09. The molecule has 0 spiro atoms. The largest absolute Gasteiger partial charge is 0.511 e. The molecule has 1 amide bonds. The first kappa shape index (κ1) is 27.1. The van der Waals surface area contributed by atoms with Crippen molar-refractivity contribution in [3.8, 4) is 6.07 Å². The molecule has 8 atom stereocenters. The highest BCUT2D eigenvalue weighted by Gasteiger charge is 2.69. The van der Waals surface area contributed by atoms with Gasteiger partial charge in [-0.25, -0.2) is 0 Å². The minimum absolute atomic E-state index is 0.0278. The number of carbonyl (C=O) groups is 2. The Morgan fingerprint density at radius 2 is 1.77 bits per heavy atom. The highest BCUT2D eigenvalue weighted by Crippen LogP contribution is 2.74. The van der Waals surface area contributed by atoms with Crippen molar-refractivity contribution in [3.05, 3.63) is 23.0 Å². The second-order valence-corrected chi connectivity index (χ2v) is 15.9. The van der Waals surface area contributed by atoms with E-state index in [0.29, 0.717) is 24.3 Å². The number of fused-ring (bicyclic) bond motifs is 7.